The van der Waals surface area contributed by atoms with Crippen LogP contribution in [0.5, 0.6) is 0 Å². The minimum absolute atomic E-state index is 0. The third-order valence-corrected chi connectivity index (χ3v) is 2.92. The molecule has 0 radical (unpaired) electrons. The van der Waals surface area contributed by atoms with E-state index in [4.69, 9.17) is 17.3 Å². The Balaban J connectivity index is 0.00000324. The van der Waals surface area contributed by atoms with E-state index in [0.717, 1.165) is 44.5 Å². The molecule has 7 heteroatoms. The predicted molar refractivity (Wildman–Crippen MR) is 81.4 cm³/mol. The number of nitrogens with one attached hydrogen (secondary N) is 1. The van der Waals surface area contributed by atoms with Crippen LogP contribution in [-0.2, 0) is 0 Å². The molecule has 0 aliphatic rings. The van der Waals surface area contributed by atoms with E-state index in [2.05, 4.69) is 5.32 Å². The van der Waals surface area contributed by atoms with Gasteiger partial charge in [0, 0.05) is 18.7 Å². The summed E-state index contributed by atoms with van der Waals surface area (Å²) in [5.74, 6) is 0. The Kier molecular flexibility index (Phi) is 9.30. The fourth-order valence-corrected chi connectivity index (χ4v) is 1.85. The minimum Gasteiger partial charge on any atom is -0.384 e. The molecule has 3 N–H and O–H groups in total. The van der Waals surface area contributed by atoms with Gasteiger partial charge in [0.15, 0.2) is 0 Å². The number of halogens is 2. The van der Waals surface area contributed by atoms with Crippen molar-refractivity contribution < 1.29 is 4.92 Å². The molecule has 0 aliphatic carbocycles. The second-order valence-corrected chi connectivity index (χ2v) is 4.46. The molecule has 0 saturated carbocycles. The lowest BCUT2D eigenvalue weighted by Gasteiger charge is -2.07. The van der Waals surface area contributed by atoms with Crippen molar-refractivity contribution in [3.8, 4) is 0 Å². The summed E-state index contributed by atoms with van der Waals surface area (Å²) < 4.78 is 0. The number of rotatable bonds is 8. The van der Waals surface area contributed by atoms with Crippen LogP contribution in [0.1, 0.15) is 25.7 Å². The highest BCUT2D eigenvalue weighted by Crippen LogP contribution is 2.26. The molecule has 1 aromatic carbocycles. The van der Waals surface area contributed by atoms with E-state index in [1.807, 2.05) is 0 Å². The van der Waals surface area contributed by atoms with Crippen LogP contribution < -0.4 is 11.1 Å². The van der Waals surface area contributed by atoms with Crippen LogP contribution in [0.25, 0.3) is 0 Å². The van der Waals surface area contributed by atoms with Crippen molar-refractivity contribution in [2.45, 2.75) is 25.7 Å². The highest BCUT2D eigenvalue weighted by Gasteiger charge is 2.08. The molecule has 1 rings (SSSR count). The minimum atomic E-state index is -0.456. The Hall–Kier alpha value is -1.04. The Morgan fingerprint density at radius 2 is 1.95 bits per heavy atom. The fourth-order valence-electron chi connectivity index (χ4n) is 1.61. The fraction of sp³-hybridized carbons (Fsp3) is 0.500. The molecule has 0 saturated heterocycles. The molecule has 1 aromatic rings. The van der Waals surface area contributed by atoms with Gasteiger partial charge in [0.25, 0.3) is 5.69 Å². The molecule has 0 amide bonds. The van der Waals surface area contributed by atoms with Gasteiger partial charge >= 0.3 is 0 Å². The van der Waals surface area contributed by atoms with Crippen molar-refractivity contribution in [2.24, 2.45) is 5.73 Å². The van der Waals surface area contributed by atoms with Gasteiger partial charge in [-0.15, -0.1) is 12.4 Å². The SMILES string of the molecule is Cl.NCCCCCCNc1ccc([N+](=O)[O-])cc1Cl. The molecule has 0 unspecified atom stereocenters. The zero-order valence-corrected chi connectivity index (χ0v) is 12.2. The number of nitro benzene ring substituents is 1. The van der Waals surface area contributed by atoms with Crippen molar-refractivity contribution >= 4 is 35.4 Å². The first-order valence-electron chi connectivity index (χ1n) is 6.03. The predicted octanol–water partition coefficient (Wildman–Crippen LogP) is 3.60. The van der Waals surface area contributed by atoms with Crippen LogP contribution in [-0.4, -0.2) is 18.0 Å². The monoisotopic (exact) mass is 307 g/mol. The smallest absolute Gasteiger partial charge is 0.271 e. The van der Waals surface area contributed by atoms with Gasteiger partial charge < -0.3 is 11.1 Å². The molecule has 108 valence electrons. The standard InChI is InChI=1S/C12H18ClN3O2.ClH/c13-11-9-10(16(17)18)5-6-12(11)15-8-4-2-1-3-7-14;/h5-6,9,15H,1-4,7-8,14H2;1H. The molecule has 0 aliphatic heterocycles. The Bertz CT molecular complexity index is 403. The first-order chi connectivity index (χ1) is 8.65. The average molecular weight is 308 g/mol. The lowest BCUT2D eigenvalue weighted by molar-refractivity contribution is -0.384. The Morgan fingerprint density at radius 1 is 1.26 bits per heavy atom. The summed E-state index contributed by atoms with van der Waals surface area (Å²) >= 11 is 5.95. The normalized spacial score (nSPS) is 9.79. The van der Waals surface area contributed by atoms with E-state index in [0.29, 0.717) is 5.02 Å². The summed E-state index contributed by atoms with van der Waals surface area (Å²) in [6.07, 6.45) is 4.34. The second kappa shape index (κ2) is 9.83. The average Bonchev–Trinajstić information content (AvgIpc) is 2.35. The zero-order valence-electron chi connectivity index (χ0n) is 10.6. The number of unbranched alkanes of at least 4 members (excludes halogenated alkanes) is 3. The van der Waals surface area contributed by atoms with Gasteiger partial charge in [-0.3, -0.25) is 10.1 Å². The maximum atomic E-state index is 10.5. The number of non-ortho nitro benzene ring substituents is 1. The maximum Gasteiger partial charge on any atom is 0.271 e. The van der Waals surface area contributed by atoms with Crippen LogP contribution in [0, 0.1) is 10.1 Å². The summed E-state index contributed by atoms with van der Waals surface area (Å²) in [5.41, 5.74) is 6.15. The number of nitro groups is 1. The lowest BCUT2D eigenvalue weighted by Crippen LogP contribution is -2.03. The van der Waals surface area contributed by atoms with E-state index in [-0.39, 0.29) is 18.1 Å². The number of nitrogens with zero attached hydrogens (tertiary/aromatic N) is 1. The number of benzene rings is 1. The Labute approximate surface area is 124 Å². The first-order valence-corrected chi connectivity index (χ1v) is 6.41. The van der Waals surface area contributed by atoms with Gasteiger partial charge in [0.1, 0.15) is 0 Å². The van der Waals surface area contributed by atoms with Gasteiger partial charge in [-0.05, 0) is 25.5 Å². The zero-order chi connectivity index (χ0) is 13.4. The Morgan fingerprint density at radius 3 is 2.53 bits per heavy atom. The molecular formula is C12H19Cl2N3O2. The number of nitrogens with two attached hydrogens (primary N) is 1. The molecule has 0 atom stereocenters. The molecule has 0 bridgehead atoms. The van der Waals surface area contributed by atoms with Crippen molar-refractivity contribution in [2.75, 3.05) is 18.4 Å². The van der Waals surface area contributed by atoms with Gasteiger partial charge in [0.05, 0.1) is 15.6 Å². The molecule has 19 heavy (non-hydrogen) atoms. The van der Waals surface area contributed by atoms with Crippen LogP contribution in [0.3, 0.4) is 0 Å². The third-order valence-electron chi connectivity index (χ3n) is 2.61. The number of anilines is 1. The molecule has 0 spiro atoms. The quantitative estimate of drug-likeness (QED) is 0.437. The van der Waals surface area contributed by atoms with Gasteiger partial charge in [0.2, 0.25) is 0 Å². The second-order valence-electron chi connectivity index (χ2n) is 4.05. The summed E-state index contributed by atoms with van der Waals surface area (Å²) in [6.45, 7) is 1.55. The molecule has 0 heterocycles. The van der Waals surface area contributed by atoms with Gasteiger partial charge in [-0.25, -0.2) is 0 Å². The van der Waals surface area contributed by atoms with Gasteiger partial charge in [-0.2, -0.15) is 0 Å². The summed E-state index contributed by atoms with van der Waals surface area (Å²) in [4.78, 5) is 10.1. The van der Waals surface area contributed by atoms with Crippen molar-refractivity contribution in [3.63, 3.8) is 0 Å². The highest BCUT2D eigenvalue weighted by molar-refractivity contribution is 6.33. The van der Waals surface area contributed by atoms with Crippen LogP contribution >= 0.6 is 24.0 Å². The largest absolute Gasteiger partial charge is 0.384 e. The molecule has 5 nitrogen and oxygen atoms in total. The number of hydrogen-bond donors (Lipinski definition) is 2. The van der Waals surface area contributed by atoms with E-state index < -0.39 is 4.92 Å². The topological polar surface area (TPSA) is 81.2 Å². The highest BCUT2D eigenvalue weighted by atomic mass is 35.5. The molecule has 0 fully saturated rings. The van der Waals surface area contributed by atoms with E-state index >= 15 is 0 Å². The van der Waals surface area contributed by atoms with E-state index in [1.54, 1.807) is 6.07 Å². The van der Waals surface area contributed by atoms with Crippen molar-refractivity contribution in [1.29, 1.82) is 0 Å². The van der Waals surface area contributed by atoms with E-state index in [9.17, 15) is 10.1 Å². The maximum absolute atomic E-state index is 10.5. The first kappa shape index (κ1) is 18.0. The molecule has 0 aromatic heterocycles. The summed E-state index contributed by atoms with van der Waals surface area (Å²) in [7, 11) is 0. The number of hydrogen-bond acceptors (Lipinski definition) is 4. The van der Waals surface area contributed by atoms with Crippen LogP contribution in [0.4, 0.5) is 11.4 Å². The van der Waals surface area contributed by atoms with Crippen molar-refractivity contribution in [1.82, 2.24) is 0 Å². The van der Waals surface area contributed by atoms with Crippen LogP contribution in [0.15, 0.2) is 18.2 Å². The van der Waals surface area contributed by atoms with E-state index in [1.165, 1.54) is 12.1 Å². The van der Waals surface area contributed by atoms with Crippen LogP contribution in [0.2, 0.25) is 5.02 Å². The third kappa shape index (κ3) is 6.61. The lowest BCUT2D eigenvalue weighted by atomic mass is 10.2. The molecular weight excluding hydrogens is 289 g/mol. The summed E-state index contributed by atoms with van der Waals surface area (Å²) in [5, 5.41) is 14.1. The van der Waals surface area contributed by atoms with Crippen molar-refractivity contribution in [3.05, 3.63) is 33.3 Å². The summed E-state index contributed by atoms with van der Waals surface area (Å²) in [6, 6.07) is 4.45. The van der Waals surface area contributed by atoms with Gasteiger partial charge in [-0.1, -0.05) is 24.4 Å².